The lowest BCUT2D eigenvalue weighted by atomic mass is 9.74. The first-order valence-electron chi connectivity index (χ1n) is 13.2. The van der Waals surface area contributed by atoms with E-state index in [1.165, 1.54) is 12.2 Å². The lowest BCUT2D eigenvalue weighted by molar-refractivity contribution is -0.148. The Balaban J connectivity index is 1.90. The number of hydrogen-bond acceptors (Lipinski definition) is 5. The average Bonchev–Trinajstić information content (AvgIpc) is 2.76. The Morgan fingerprint density at radius 3 is 2.69 bits per heavy atom. The van der Waals surface area contributed by atoms with Gasteiger partial charge in [0.25, 0.3) is 0 Å². The van der Waals surface area contributed by atoms with Gasteiger partial charge in [0.05, 0.1) is 6.61 Å². The maximum absolute atomic E-state index is 13.6. The highest BCUT2D eigenvalue weighted by Gasteiger charge is 2.38. The van der Waals surface area contributed by atoms with E-state index in [2.05, 4.69) is 37.7 Å². The summed E-state index contributed by atoms with van der Waals surface area (Å²) in [7, 11) is -3.41. The molecule has 1 aliphatic carbocycles. The first kappa shape index (κ1) is 28.5. The first-order valence-corrected chi connectivity index (χ1v) is 15.3. The number of hydrogen-bond donors (Lipinski definition) is 1. The number of carbonyl (C=O) groups excluding carboxylic acids is 1. The van der Waals surface area contributed by atoms with Crippen LogP contribution in [0.5, 0.6) is 11.5 Å². The third-order valence-corrected chi connectivity index (χ3v) is 8.07. The zero-order valence-electron chi connectivity index (χ0n) is 23.1. The summed E-state index contributed by atoms with van der Waals surface area (Å²) in [5, 5.41) is 2.89. The number of nitrogens with one attached hydrogen (secondary N) is 1. The summed E-state index contributed by atoms with van der Waals surface area (Å²) >= 11 is 0. The molecule has 0 saturated carbocycles. The number of fused-ring (bicyclic) bond motifs is 3. The van der Waals surface area contributed by atoms with Gasteiger partial charge in [-0.2, -0.15) is 0 Å². The molecular formula is C29H44NO5P. The van der Waals surface area contributed by atoms with Crippen LogP contribution in [0.1, 0.15) is 90.7 Å². The third kappa shape index (κ3) is 7.49. The number of carbonyl (C=O) groups is 1. The van der Waals surface area contributed by atoms with Crippen LogP contribution in [0.15, 0.2) is 36.1 Å². The second kappa shape index (κ2) is 11.6. The molecule has 0 spiro atoms. The van der Waals surface area contributed by atoms with E-state index in [1.54, 1.807) is 6.92 Å². The molecule has 1 aromatic rings. The number of rotatable bonds is 10. The number of unbranched alkanes of at least 4 members (excludes halogenated alkanes) is 2. The van der Waals surface area contributed by atoms with Crippen LogP contribution in [0.3, 0.4) is 0 Å². The van der Waals surface area contributed by atoms with E-state index in [0.717, 1.165) is 61.2 Å². The Labute approximate surface area is 217 Å². The number of ether oxygens (including phenoxy) is 2. The van der Waals surface area contributed by atoms with Gasteiger partial charge in [0.15, 0.2) is 0 Å². The second-order valence-electron chi connectivity index (χ2n) is 11.7. The van der Waals surface area contributed by atoms with Gasteiger partial charge < -0.3 is 14.0 Å². The smallest absolute Gasteiger partial charge is 0.323 e. The molecule has 1 aromatic carbocycles. The molecule has 0 fully saturated rings. The molecule has 3 unspecified atom stereocenters. The van der Waals surface area contributed by atoms with Gasteiger partial charge in [-0.25, -0.2) is 5.09 Å². The van der Waals surface area contributed by atoms with Gasteiger partial charge in [-0.15, -0.1) is 0 Å². The van der Waals surface area contributed by atoms with E-state index in [-0.39, 0.29) is 23.9 Å². The number of allylic oxidation sites excluding steroid dienone is 3. The first-order chi connectivity index (χ1) is 16.8. The van der Waals surface area contributed by atoms with E-state index in [0.29, 0.717) is 5.75 Å². The molecule has 0 radical (unpaired) electrons. The SMILES string of the molecule is C=C1Oc2cc(CCCCC)cc(OP(C)(=O)N[C@@H](C)C(=O)OCC(C)(C)C)c2C2C=C(C)CCC12. The molecule has 0 saturated heterocycles. The molecule has 1 N–H and O–H groups in total. The minimum absolute atomic E-state index is 0.0591. The summed E-state index contributed by atoms with van der Waals surface area (Å²) in [6.45, 7) is 18.0. The highest BCUT2D eigenvalue weighted by Crippen LogP contribution is 2.54. The van der Waals surface area contributed by atoms with Gasteiger partial charge in [-0.1, -0.05) is 58.8 Å². The second-order valence-corrected chi connectivity index (χ2v) is 13.8. The summed E-state index contributed by atoms with van der Waals surface area (Å²) in [5.41, 5.74) is 3.17. The molecule has 0 aromatic heterocycles. The van der Waals surface area contributed by atoms with Crippen molar-refractivity contribution < 1.29 is 23.4 Å². The van der Waals surface area contributed by atoms with Crippen molar-refractivity contribution in [3.8, 4) is 11.5 Å². The maximum Gasteiger partial charge on any atom is 0.323 e. The van der Waals surface area contributed by atoms with Crippen LogP contribution >= 0.6 is 7.52 Å². The molecule has 6 nitrogen and oxygen atoms in total. The van der Waals surface area contributed by atoms with Gasteiger partial charge in [-0.3, -0.25) is 9.36 Å². The third-order valence-electron chi connectivity index (χ3n) is 6.67. The highest BCUT2D eigenvalue weighted by molar-refractivity contribution is 7.56. The fraction of sp³-hybridized carbons (Fsp3) is 0.621. The van der Waals surface area contributed by atoms with Crippen molar-refractivity contribution in [3.05, 3.63) is 47.2 Å². The zero-order valence-corrected chi connectivity index (χ0v) is 24.0. The minimum Gasteiger partial charge on any atom is -0.464 e. The predicted molar refractivity (Wildman–Crippen MR) is 146 cm³/mol. The van der Waals surface area contributed by atoms with Crippen molar-refractivity contribution in [1.82, 2.24) is 5.09 Å². The Morgan fingerprint density at radius 2 is 2.03 bits per heavy atom. The Hall–Kier alpha value is -2.04. The fourth-order valence-corrected chi connectivity index (χ4v) is 6.22. The van der Waals surface area contributed by atoms with Crippen LogP contribution in [0.25, 0.3) is 0 Å². The lowest BCUT2D eigenvalue weighted by Gasteiger charge is -2.38. The normalized spacial score (nSPS) is 21.9. The van der Waals surface area contributed by atoms with E-state index < -0.39 is 19.5 Å². The highest BCUT2D eigenvalue weighted by atomic mass is 31.2. The lowest BCUT2D eigenvalue weighted by Crippen LogP contribution is -2.35. The molecule has 0 amide bonds. The van der Waals surface area contributed by atoms with Gasteiger partial charge in [-0.05, 0) is 62.6 Å². The van der Waals surface area contributed by atoms with Gasteiger partial charge in [0.2, 0.25) is 0 Å². The van der Waals surface area contributed by atoms with E-state index >= 15 is 0 Å². The minimum atomic E-state index is -3.41. The van der Waals surface area contributed by atoms with E-state index in [9.17, 15) is 9.36 Å². The van der Waals surface area contributed by atoms with Crippen molar-refractivity contribution in [2.75, 3.05) is 13.3 Å². The van der Waals surface area contributed by atoms with Crippen molar-refractivity contribution in [1.29, 1.82) is 0 Å². The summed E-state index contributed by atoms with van der Waals surface area (Å²) < 4.78 is 31.5. The van der Waals surface area contributed by atoms with Crippen molar-refractivity contribution >= 4 is 13.5 Å². The summed E-state index contributed by atoms with van der Waals surface area (Å²) in [6.07, 6.45) is 8.44. The molecule has 1 heterocycles. The van der Waals surface area contributed by atoms with Crippen LogP contribution in [0.2, 0.25) is 0 Å². The van der Waals surface area contributed by atoms with Crippen LogP contribution < -0.4 is 14.3 Å². The maximum atomic E-state index is 13.6. The topological polar surface area (TPSA) is 73.9 Å². The molecule has 3 rings (SSSR count). The molecule has 2 aliphatic rings. The average molecular weight is 518 g/mol. The standard InChI is InChI=1S/C29H44NO5P/c1-9-10-11-12-22-16-25-27(24-15-19(2)13-14-23(24)21(4)34-25)26(17-22)35-36(8,32)30-20(3)28(31)33-18-29(5,6)7/h15-17,20,23-24H,4,9-14,18H2,1-3,5-8H3,(H,30,32)/t20-,23?,24?,36?/m0/s1. The van der Waals surface area contributed by atoms with Crippen LogP contribution in [0, 0.1) is 11.3 Å². The quantitative estimate of drug-likeness (QED) is 0.150. The van der Waals surface area contributed by atoms with Crippen molar-refractivity contribution in [2.45, 2.75) is 92.0 Å². The van der Waals surface area contributed by atoms with Crippen LogP contribution in [-0.2, 0) is 20.5 Å². The Kier molecular flexibility index (Phi) is 9.16. The summed E-state index contributed by atoms with van der Waals surface area (Å²) in [6, 6.07) is 3.31. The van der Waals surface area contributed by atoms with E-state index in [1.807, 2.05) is 26.8 Å². The summed E-state index contributed by atoms with van der Waals surface area (Å²) in [4.78, 5) is 12.5. The largest absolute Gasteiger partial charge is 0.464 e. The molecule has 200 valence electrons. The molecule has 36 heavy (non-hydrogen) atoms. The zero-order chi connectivity index (χ0) is 26.7. The van der Waals surface area contributed by atoms with E-state index in [4.69, 9.17) is 14.0 Å². The van der Waals surface area contributed by atoms with Gasteiger partial charge >= 0.3 is 13.5 Å². The molecule has 1 aliphatic heterocycles. The molecule has 4 atom stereocenters. The van der Waals surface area contributed by atoms with Crippen molar-refractivity contribution in [3.63, 3.8) is 0 Å². The fourth-order valence-electron chi connectivity index (χ4n) is 4.83. The van der Waals surface area contributed by atoms with Crippen molar-refractivity contribution in [2.24, 2.45) is 11.3 Å². The monoisotopic (exact) mass is 517 g/mol. The molecule has 7 heteroatoms. The number of aryl methyl sites for hydroxylation is 1. The van der Waals surface area contributed by atoms with Crippen LogP contribution in [-0.4, -0.2) is 25.3 Å². The van der Waals surface area contributed by atoms with Crippen LogP contribution in [0.4, 0.5) is 0 Å². The Bertz CT molecular complexity index is 1050. The Morgan fingerprint density at radius 1 is 1.31 bits per heavy atom. The molecule has 0 bridgehead atoms. The molecular weight excluding hydrogens is 473 g/mol. The summed E-state index contributed by atoms with van der Waals surface area (Å²) in [5.74, 6) is 1.83. The number of esters is 1. The predicted octanol–water partition coefficient (Wildman–Crippen LogP) is 7.53. The number of benzene rings is 1. The van der Waals surface area contributed by atoms with Gasteiger partial charge in [0.1, 0.15) is 23.3 Å². The van der Waals surface area contributed by atoms with Gasteiger partial charge in [0, 0.05) is 24.1 Å².